The lowest BCUT2D eigenvalue weighted by atomic mass is 10.2. The first-order valence-corrected chi connectivity index (χ1v) is 3.73. The highest BCUT2D eigenvalue weighted by atomic mass is 16.1. The second-order valence-electron chi connectivity index (χ2n) is 2.88. The van der Waals surface area contributed by atoms with Gasteiger partial charge in [-0.1, -0.05) is 0 Å². The molecule has 11 heavy (non-hydrogen) atoms. The number of hydrogen-bond donors (Lipinski definition) is 0. The predicted molar refractivity (Wildman–Crippen MR) is 46.7 cm³/mol. The van der Waals surface area contributed by atoms with Crippen LogP contribution in [-0.4, -0.2) is 30.6 Å². The number of nitrogens with zero attached hydrogens (tertiary/aromatic N) is 2. The first-order chi connectivity index (χ1) is 5.02. The summed E-state index contributed by atoms with van der Waals surface area (Å²) in [5.74, 6) is 0.221. The molecule has 3 nitrogen and oxygen atoms in total. The molecule has 0 saturated heterocycles. The minimum atomic E-state index is 0.221. The highest BCUT2D eigenvalue weighted by molar-refractivity contribution is 5.86. The molecule has 0 aliphatic carbocycles. The van der Waals surface area contributed by atoms with Crippen molar-refractivity contribution in [3.8, 4) is 0 Å². The van der Waals surface area contributed by atoms with Gasteiger partial charge in [0, 0.05) is 26.2 Å². The highest BCUT2D eigenvalue weighted by Crippen LogP contribution is 1.94. The Morgan fingerprint density at radius 2 is 1.82 bits per heavy atom. The van der Waals surface area contributed by atoms with E-state index in [0.717, 1.165) is 12.1 Å². The van der Waals surface area contributed by atoms with E-state index in [1.54, 1.807) is 11.9 Å². The van der Waals surface area contributed by atoms with Crippen molar-refractivity contribution in [3.05, 3.63) is 0 Å². The van der Waals surface area contributed by atoms with Crippen LogP contribution >= 0.6 is 0 Å². The number of hydrogen-bond acceptors (Lipinski definition) is 3. The SMILES string of the molecule is CC(=O)CC/C(C)=N/N(C)C. The highest BCUT2D eigenvalue weighted by Gasteiger charge is 1.96. The minimum Gasteiger partial charge on any atom is -0.303 e. The van der Waals surface area contributed by atoms with Gasteiger partial charge in [0.05, 0.1) is 0 Å². The minimum absolute atomic E-state index is 0.221. The standard InChI is InChI=1S/C8H16N2O/c1-7(9-10(3)4)5-6-8(2)11/h5-6H2,1-4H3/b9-7+. The third-order valence-corrected chi connectivity index (χ3v) is 1.21. The summed E-state index contributed by atoms with van der Waals surface area (Å²) in [7, 11) is 3.74. The number of hydrazone groups is 1. The molecule has 0 unspecified atom stereocenters. The smallest absolute Gasteiger partial charge is 0.130 e. The van der Waals surface area contributed by atoms with E-state index in [4.69, 9.17) is 0 Å². The maximum absolute atomic E-state index is 10.6. The van der Waals surface area contributed by atoms with Gasteiger partial charge in [-0.25, -0.2) is 0 Å². The van der Waals surface area contributed by atoms with Crippen molar-refractivity contribution in [2.45, 2.75) is 26.7 Å². The van der Waals surface area contributed by atoms with Crippen LogP contribution in [0.5, 0.6) is 0 Å². The molecular formula is C8H16N2O. The van der Waals surface area contributed by atoms with E-state index in [0.29, 0.717) is 6.42 Å². The van der Waals surface area contributed by atoms with Crippen LogP contribution in [0.4, 0.5) is 0 Å². The van der Waals surface area contributed by atoms with Gasteiger partial charge in [-0.3, -0.25) is 0 Å². The average Bonchev–Trinajstić information content (AvgIpc) is 1.82. The predicted octanol–water partition coefficient (Wildman–Crippen LogP) is 1.29. The van der Waals surface area contributed by atoms with Crippen molar-refractivity contribution in [3.63, 3.8) is 0 Å². The van der Waals surface area contributed by atoms with E-state index in [2.05, 4.69) is 5.10 Å². The molecular weight excluding hydrogens is 140 g/mol. The zero-order valence-electron chi connectivity index (χ0n) is 7.72. The van der Waals surface area contributed by atoms with Gasteiger partial charge in [-0.05, 0) is 20.3 Å². The van der Waals surface area contributed by atoms with Gasteiger partial charge >= 0.3 is 0 Å². The normalized spacial score (nSPS) is 11.5. The second kappa shape index (κ2) is 4.88. The molecule has 0 amide bonds. The van der Waals surface area contributed by atoms with E-state index in [1.165, 1.54) is 0 Å². The largest absolute Gasteiger partial charge is 0.303 e. The monoisotopic (exact) mass is 156 g/mol. The van der Waals surface area contributed by atoms with Crippen molar-refractivity contribution in [2.24, 2.45) is 5.10 Å². The van der Waals surface area contributed by atoms with Crippen molar-refractivity contribution in [1.29, 1.82) is 0 Å². The number of rotatable bonds is 4. The second-order valence-corrected chi connectivity index (χ2v) is 2.88. The van der Waals surface area contributed by atoms with Crippen LogP contribution < -0.4 is 0 Å². The molecule has 0 aliphatic heterocycles. The summed E-state index contributed by atoms with van der Waals surface area (Å²) in [6, 6.07) is 0. The molecule has 0 N–H and O–H groups in total. The summed E-state index contributed by atoms with van der Waals surface area (Å²) in [5, 5.41) is 5.89. The summed E-state index contributed by atoms with van der Waals surface area (Å²) in [6.45, 7) is 3.53. The Morgan fingerprint density at radius 1 is 1.27 bits per heavy atom. The van der Waals surface area contributed by atoms with Crippen LogP contribution in [0.15, 0.2) is 5.10 Å². The summed E-state index contributed by atoms with van der Waals surface area (Å²) in [6.07, 6.45) is 1.37. The molecule has 0 heterocycles. The topological polar surface area (TPSA) is 32.7 Å². The van der Waals surface area contributed by atoms with Gasteiger partial charge in [0.1, 0.15) is 5.78 Å². The Morgan fingerprint density at radius 3 is 2.18 bits per heavy atom. The third kappa shape index (κ3) is 7.03. The van der Waals surface area contributed by atoms with Crippen LogP contribution in [0.3, 0.4) is 0 Å². The maximum atomic E-state index is 10.6. The molecule has 0 atom stereocenters. The average molecular weight is 156 g/mol. The van der Waals surface area contributed by atoms with Crippen molar-refractivity contribution in [1.82, 2.24) is 5.01 Å². The quantitative estimate of drug-likeness (QED) is 0.454. The molecule has 0 bridgehead atoms. The Balaban J connectivity index is 3.68. The Hall–Kier alpha value is -0.860. The zero-order valence-corrected chi connectivity index (χ0v) is 7.72. The van der Waals surface area contributed by atoms with Gasteiger partial charge in [0.15, 0.2) is 0 Å². The van der Waals surface area contributed by atoms with Crippen LogP contribution in [-0.2, 0) is 4.79 Å². The zero-order chi connectivity index (χ0) is 8.85. The number of carbonyl (C=O) groups excluding carboxylic acids is 1. The lowest BCUT2D eigenvalue weighted by Crippen LogP contribution is -2.07. The van der Waals surface area contributed by atoms with Crippen molar-refractivity contribution < 1.29 is 4.79 Å². The molecule has 0 aromatic carbocycles. The summed E-state index contributed by atoms with van der Waals surface area (Å²) >= 11 is 0. The molecule has 0 fully saturated rings. The molecule has 64 valence electrons. The fraction of sp³-hybridized carbons (Fsp3) is 0.750. The summed E-state index contributed by atoms with van der Waals surface area (Å²) in [5.41, 5.74) is 1.00. The molecule has 0 aromatic rings. The molecule has 0 saturated carbocycles. The van der Waals surface area contributed by atoms with Crippen LogP contribution in [0.2, 0.25) is 0 Å². The lowest BCUT2D eigenvalue weighted by molar-refractivity contribution is -0.116. The third-order valence-electron chi connectivity index (χ3n) is 1.21. The molecule has 0 aromatic heterocycles. The molecule has 0 rings (SSSR count). The number of carbonyl (C=O) groups is 1. The lowest BCUT2D eigenvalue weighted by Gasteiger charge is -2.05. The van der Waals surface area contributed by atoms with Crippen LogP contribution in [0.25, 0.3) is 0 Å². The van der Waals surface area contributed by atoms with E-state index >= 15 is 0 Å². The van der Waals surface area contributed by atoms with E-state index in [-0.39, 0.29) is 5.78 Å². The fourth-order valence-electron chi connectivity index (χ4n) is 0.748. The van der Waals surface area contributed by atoms with Crippen LogP contribution in [0, 0.1) is 0 Å². The van der Waals surface area contributed by atoms with Gasteiger partial charge in [-0.15, -0.1) is 0 Å². The summed E-state index contributed by atoms with van der Waals surface area (Å²) in [4.78, 5) is 10.6. The Labute approximate surface area is 68.1 Å². The summed E-state index contributed by atoms with van der Waals surface area (Å²) < 4.78 is 0. The first kappa shape index (κ1) is 10.1. The van der Waals surface area contributed by atoms with Gasteiger partial charge in [0.2, 0.25) is 0 Å². The Bertz CT molecular complexity index is 161. The van der Waals surface area contributed by atoms with Crippen molar-refractivity contribution >= 4 is 11.5 Å². The maximum Gasteiger partial charge on any atom is 0.130 e. The van der Waals surface area contributed by atoms with Gasteiger partial charge in [-0.2, -0.15) is 5.10 Å². The molecule has 0 radical (unpaired) electrons. The number of ketones is 1. The molecule has 0 aliphatic rings. The van der Waals surface area contributed by atoms with Crippen LogP contribution in [0.1, 0.15) is 26.7 Å². The van der Waals surface area contributed by atoms with Crippen molar-refractivity contribution in [2.75, 3.05) is 14.1 Å². The van der Waals surface area contributed by atoms with Gasteiger partial charge in [0.25, 0.3) is 0 Å². The fourth-order valence-corrected chi connectivity index (χ4v) is 0.748. The Kier molecular flexibility index (Phi) is 4.50. The molecule has 0 spiro atoms. The van der Waals surface area contributed by atoms with Gasteiger partial charge < -0.3 is 9.80 Å². The van der Waals surface area contributed by atoms with E-state index in [9.17, 15) is 4.79 Å². The molecule has 3 heteroatoms. The van der Waals surface area contributed by atoms with E-state index in [1.807, 2.05) is 21.0 Å². The van der Waals surface area contributed by atoms with E-state index < -0.39 is 0 Å². The first-order valence-electron chi connectivity index (χ1n) is 3.73. The number of Topliss-reactive ketones (excluding diaryl/α,β-unsaturated/α-hetero) is 1.